The topological polar surface area (TPSA) is 317 Å². The minimum atomic E-state index is -1.68. The molecule has 6 atom stereocenters. The molecule has 4 aromatic rings. The third-order valence-corrected chi connectivity index (χ3v) is 10.2. The number of hydrogen-bond donors (Lipinski definition) is 11. The first-order chi connectivity index (χ1) is 30.3. The van der Waals surface area contributed by atoms with E-state index in [0.717, 1.165) is 16.5 Å². The van der Waals surface area contributed by atoms with Crippen LogP contribution in [0.15, 0.2) is 79.0 Å². The number of primary amides is 1. The van der Waals surface area contributed by atoms with Crippen molar-refractivity contribution in [2.24, 2.45) is 17.4 Å². The summed E-state index contributed by atoms with van der Waals surface area (Å²) < 4.78 is 0. The third-order valence-electron chi connectivity index (χ3n) is 10.2. The van der Waals surface area contributed by atoms with E-state index < -0.39 is 96.5 Å². The number of nitrogens with one attached hydrogen (secondary N) is 7. The molecule has 13 N–H and O–H groups in total. The van der Waals surface area contributed by atoms with Gasteiger partial charge in [0.1, 0.15) is 36.0 Å². The van der Waals surface area contributed by atoms with Crippen molar-refractivity contribution in [3.05, 3.63) is 101 Å². The number of amides is 7. The smallest absolute Gasteiger partial charge is 0.305 e. The number of carboxylic acids is 1. The Hall–Kier alpha value is -7.28. The van der Waals surface area contributed by atoms with Crippen LogP contribution in [0, 0.1) is 12.8 Å². The molecule has 0 aliphatic carbocycles. The highest BCUT2D eigenvalue weighted by molar-refractivity contribution is 5.98. The molecule has 3 aromatic carbocycles. The molecule has 0 saturated carbocycles. The molecule has 64 heavy (non-hydrogen) atoms. The summed E-state index contributed by atoms with van der Waals surface area (Å²) in [7, 11) is 0. The number of para-hydroxylation sites is 1. The second kappa shape index (κ2) is 23.2. The molecule has 4 rings (SSSR count). The van der Waals surface area contributed by atoms with Crippen molar-refractivity contribution in [2.45, 2.75) is 96.1 Å². The van der Waals surface area contributed by atoms with Crippen LogP contribution in [0.2, 0.25) is 0 Å². The van der Waals surface area contributed by atoms with Gasteiger partial charge in [0.15, 0.2) is 0 Å². The van der Waals surface area contributed by atoms with Gasteiger partial charge in [0.05, 0.1) is 19.0 Å². The Morgan fingerprint density at radius 2 is 1.17 bits per heavy atom. The highest BCUT2D eigenvalue weighted by Gasteiger charge is 2.33. The van der Waals surface area contributed by atoms with E-state index in [1.165, 1.54) is 19.1 Å². The maximum absolute atomic E-state index is 14.2. The van der Waals surface area contributed by atoms with Crippen LogP contribution in [0.3, 0.4) is 0 Å². The number of aliphatic carboxylic acids is 1. The minimum Gasteiger partial charge on any atom is -0.508 e. The van der Waals surface area contributed by atoms with E-state index in [9.17, 15) is 48.6 Å². The maximum Gasteiger partial charge on any atom is 0.305 e. The Bertz CT molecular complexity index is 2290. The van der Waals surface area contributed by atoms with Gasteiger partial charge in [-0.2, -0.15) is 0 Å². The van der Waals surface area contributed by atoms with Crippen LogP contribution in [0.25, 0.3) is 10.9 Å². The molecule has 19 heteroatoms. The van der Waals surface area contributed by atoms with Gasteiger partial charge in [-0.25, -0.2) is 0 Å². The van der Waals surface area contributed by atoms with Crippen molar-refractivity contribution in [3.8, 4) is 5.75 Å². The number of carbonyl (C=O) groups excluding carboxylic acids is 7. The van der Waals surface area contributed by atoms with Crippen LogP contribution >= 0.6 is 0 Å². The van der Waals surface area contributed by atoms with Crippen molar-refractivity contribution in [1.82, 2.24) is 36.9 Å². The highest BCUT2D eigenvalue weighted by atomic mass is 16.4. The quantitative estimate of drug-likeness (QED) is 0.0475. The Balaban J connectivity index is 1.53. The zero-order valence-electron chi connectivity index (χ0n) is 36.1. The second-order valence-electron chi connectivity index (χ2n) is 16.1. The van der Waals surface area contributed by atoms with E-state index in [2.05, 4.69) is 36.9 Å². The van der Waals surface area contributed by atoms with Crippen LogP contribution in [0.5, 0.6) is 5.75 Å². The molecule has 1 heterocycles. The highest BCUT2D eigenvalue weighted by Crippen LogP contribution is 2.20. The van der Waals surface area contributed by atoms with E-state index >= 15 is 0 Å². The molecule has 19 nitrogen and oxygen atoms in total. The number of H-pyrrole nitrogens is 1. The molecule has 0 spiro atoms. The van der Waals surface area contributed by atoms with Crippen LogP contribution in [0.4, 0.5) is 0 Å². The number of aromatic nitrogens is 1. The average Bonchev–Trinajstić information content (AvgIpc) is 3.65. The van der Waals surface area contributed by atoms with E-state index in [0.29, 0.717) is 16.7 Å². The molecule has 0 saturated heterocycles. The van der Waals surface area contributed by atoms with Gasteiger partial charge in [0, 0.05) is 36.4 Å². The summed E-state index contributed by atoms with van der Waals surface area (Å²) in [6.45, 7) is 6.23. The number of rotatable bonds is 23. The maximum atomic E-state index is 14.2. The van der Waals surface area contributed by atoms with Gasteiger partial charge in [-0.15, -0.1) is 0 Å². The lowest BCUT2D eigenvalue weighted by Gasteiger charge is -2.27. The number of carbonyl (C=O) groups is 8. The van der Waals surface area contributed by atoms with E-state index in [-0.39, 0.29) is 37.4 Å². The fourth-order valence-corrected chi connectivity index (χ4v) is 6.73. The van der Waals surface area contributed by atoms with Crippen LogP contribution in [-0.4, -0.2) is 105 Å². The van der Waals surface area contributed by atoms with Crippen molar-refractivity contribution in [3.63, 3.8) is 0 Å². The summed E-state index contributed by atoms with van der Waals surface area (Å²) in [5.41, 5.74) is 14.9. The summed E-state index contributed by atoms with van der Waals surface area (Å²) in [5.74, 6) is -7.41. The first-order valence-electron chi connectivity index (χ1n) is 20.7. The minimum absolute atomic E-state index is 0.00113. The lowest BCUT2D eigenvalue weighted by atomic mass is 10.00. The van der Waals surface area contributed by atoms with Crippen LogP contribution in [-0.2, 0) is 57.6 Å². The number of aromatic hydroxyl groups is 1. The molecule has 0 bridgehead atoms. The van der Waals surface area contributed by atoms with Crippen molar-refractivity contribution >= 4 is 58.2 Å². The molecule has 0 aliphatic heterocycles. The number of carboxylic acid groups (broad SMARTS) is 1. The zero-order chi connectivity index (χ0) is 47.1. The third kappa shape index (κ3) is 15.3. The van der Waals surface area contributed by atoms with E-state index in [1.54, 1.807) is 50.4 Å². The second-order valence-corrected chi connectivity index (χ2v) is 16.1. The number of hydrogen-bond acceptors (Lipinski definition) is 10. The number of phenols is 1. The number of aromatic amines is 1. The predicted molar refractivity (Wildman–Crippen MR) is 236 cm³/mol. The molecule has 0 unspecified atom stereocenters. The molecular formula is C45H57N9O10. The summed E-state index contributed by atoms with van der Waals surface area (Å²) in [6.07, 6.45) is 0.726. The Morgan fingerprint density at radius 3 is 1.78 bits per heavy atom. The molecule has 342 valence electrons. The number of aryl methyl sites for hydroxylation is 1. The lowest BCUT2D eigenvalue weighted by Crippen LogP contribution is -2.59. The molecule has 1 aromatic heterocycles. The van der Waals surface area contributed by atoms with Gasteiger partial charge in [0.25, 0.3) is 0 Å². The van der Waals surface area contributed by atoms with Crippen molar-refractivity contribution < 1.29 is 48.6 Å². The first kappa shape index (κ1) is 49.4. The molecule has 0 fully saturated rings. The van der Waals surface area contributed by atoms with Crippen LogP contribution in [0.1, 0.15) is 55.9 Å². The largest absolute Gasteiger partial charge is 0.508 e. The normalized spacial score (nSPS) is 13.9. The Labute approximate surface area is 369 Å². The lowest BCUT2D eigenvalue weighted by molar-refractivity contribution is -0.141. The van der Waals surface area contributed by atoms with Gasteiger partial charge < -0.3 is 58.6 Å². The predicted octanol–water partition coefficient (Wildman–Crippen LogP) is 0.103. The standard InChI is InChI=1S/C45H57N9O10/c1-24(2)17-34(43(62)54-37(21-39(57)58)45(64)51-33(40(47)59)18-27-11-9-25(3)10-12-27)53-44(63)36(20-29-22-48-32-8-6-5-7-31(29)32)50-38(56)23-49-42(61)35(52-41(60)26(4)46)19-28-13-15-30(55)16-14-28/h5-16,22,24,26,33-37,48,55H,17-21,23,46H2,1-4H3,(H2,47,59)(H,49,61)(H,50,56)(H,51,64)(H,52,60)(H,53,63)(H,54,62)(H,57,58)/t26-,33-,34-,35-,36-,37-/m0/s1. The van der Waals surface area contributed by atoms with E-state index in [4.69, 9.17) is 11.5 Å². The average molecular weight is 884 g/mol. The van der Waals surface area contributed by atoms with Crippen molar-refractivity contribution in [2.75, 3.05) is 6.54 Å². The van der Waals surface area contributed by atoms with Gasteiger partial charge >= 0.3 is 5.97 Å². The fraction of sp³-hybridized carbons (Fsp3) is 0.378. The zero-order valence-corrected chi connectivity index (χ0v) is 36.1. The monoisotopic (exact) mass is 883 g/mol. The van der Waals surface area contributed by atoms with E-state index in [1.807, 2.05) is 37.3 Å². The molecule has 0 radical (unpaired) electrons. The van der Waals surface area contributed by atoms with Gasteiger partial charge in [-0.1, -0.05) is 74.0 Å². The Morgan fingerprint density at radius 1 is 0.641 bits per heavy atom. The summed E-state index contributed by atoms with van der Waals surface area (Å²) in [4.78, 5) is 108. The number of phenolic OH excluding ortho intramolecular Hbond substituents is 1. The number of fused-ring (bicyclic) bond motifs is 1. The van der Waals surface area contributed by atoms with Gasteiger partial charge in [-0.3, -0.25) is 38.4 Å². The SMILES string of the molecule is Cc1ccc(C[C@H](NC(=O)[C@H](CC(=O)O)NC(=O)[C@H](CC(C)C)NC(=O)[C@H](Cc2c[nH]c3ccccc23)NC(=O)CNC(=O)[C@H](Cc2ccc(O)cc2)NC(=O)[C@H](C)N)C(N)=O)cc1. The molecule has 7 amide bonds. The summed E-state index contributed by atoms with van der Waals surface area (Å²) in [6, 6.07) is 12.6. The molecule has 0 aliphatic rings. The van der Waals surface area contributed by atoms with Crippen molar-refractivity contribution in [1.29, 1.82) is 0 Å². The fourth-order valence-electron chi connectivity index (χ4n) is 6.73. The van der Waals surface area contributed by atoms with Crippen LogP contribution < -0.4 is 43.4 Å². The Kier molecular flexibility index (Phi) is 17.9. The number of benzene rings is 3. The van der Waals surface area contributed by atoms with Gasteiger partial charge in [0.2, 0.25) is 41.4 Å². The first-order valence-corrected chi connectivity index (χ1v) is 20.7. The number of nitrogens with two attached hydrogens (primary N) is 2. The molecular weight excluding hydrogens is 827 g/mol. The summed E-state index contributed by atoms with van der Waals surface area (Å²) >= 11 is 0. The summed E-state index contributed by atoms with van der Waals surface area (Å²) in [5, 5.41) is 35.3. The van der Waals surface area contributed by atoms with Gasteiger partial charge in [-0.05, 0) is 61.1 Å².